The van der Waals surface area contributed by atoms with Gasteiger partial charge in [-0.05, 0) is 36.7 Å². The number of fused-ring (bicyclic) bond motifs is 2. The van der Waals surface area contributed by atoms with Crippen molar-refractivity contribution in [3.05, 3.63) is 40.5 Å². The lowest BCUT2D eigenvalue weighted by Crippen LogP contribution is -2.36. The van der Waals surface area contributed by atoms with Crippen molar-refractivity contribution in [2.75, 3.05) is 41.7 Å². The summed E-state index contributed by atoms with van der Waals surface area (Å²) in [7, 11) is 6.60. The molecule has 0 unspecified atom stereocenters. The minimum atomic E-state index is -0.953. The van der Waals surface area contributed by atoms with Crippen LogP contribution in [0, 0.1) is 0 Å². The maximum absolute atomic E-state index is 11.5. The van der Waals surface area contributed by atoms with Crippen molar-refractivity contribution in [2.24, 2.45) is 0 Å². The third-order valence-electron chi connectivity index (χ3n) is 5.91. The van der Waals surface area contributed by atoms with Crippen molar-refractivity contribution in [3.8, 4) is 28.7 Å². The molecule has 0 radical (unpaired) electrons. The highest BCUT2D eigenvalue weighted by Crippen LogP contribution is 2.52. The van der Waals surface area contributed by atoms with Gasteiger partial charge in [0.2, 0.25) is 12.5 Å². The highest BCUT2D eigenvalue weighted by Gasteiger charge is 2.39. The lowest BCUT2D eigenvalue weighted by atomic mass is 9.84. The zero-order valence-electron chi connectivity index (χ0n) is 17.6. The van der Waals surface area contributed by atoms with Gasteiger partial charge in [0.25, 0.3) is 0 Å². The Balaban J connectivity index is 1.86. The van der Waals surface area contributed by atoms with E-state index in [2.05, 4.69) is 4.90 Å². The van der Waals surface area contributed by atoms with Gasteiger partial charge in [0, 0.05) is 17.7 Å². The molecule has 2 aromatic carbocycles. The average molecular weight is 417 g/mol. The fourth-order valence-corrected chi connectivity index (χ4v) is 4.48. The van der Waals surface area contributed by atoms with Crippen LogP contribution in [0.2, 0.25) is 0 Å². The summed E-state index contributed by atoms with van der Waals surface area (Å²) < 4.78 is 27.7. The van der Waals surface area contributed by atoms with E-state index < -0.39 is 12.1 Å². The standard InChI is InChI=1S/C22H27NO7/c1-23-8-7-12-9-16-21(30-11-29-16)22(28-4)17(12)18(23)19(25)13-5-6-15(26-2)20(27-3)14(13)10-24/h5-6,9,18-19,24-25H,7-8,10-11H2,1-4H3/t18-,19+/m1/s1. The minimum Gasteiger partial charge on any atom is -0.493 e. The van der Waals surface area contributed by atoms with Gasteiger partial charge in [-0.2, -0.15) is 0 Å². The molecular formula is C22H27NO7. The number of benzene rings is 2. The fourth-order valence-electron chi connectivity index (χ4n) is 4.48. The Labute approximate surface area is 175 Å². The van der Waals surface area contributed by atoms with Crippen LogP contribution in [0.3, 0.4) is 0 Å². The van der Waals surface area contributed by atoms with Crippen LogP contribution >= 0.6 is 0 Å². The number of rotatable bonds is 6. The van der Waals surface area contributed by atoms with E-state index in [9.17, 15) is 10.2 Å². The predicted molar refractivity (Wildman–Crippen MR) is 109 cm³/mol. The Hall–Kier alpha value is -2.68. The van der Waals surface area contributed by atoms with Crippen molar-refractivity contribution in [2.45, 2.75) is 25.2 Å². The molecule has 0 amide bonds. The maximum atomic E-state index is 11.5. The predicted octanol–water partition coefficient (Wildman–Crippen LogP) is 2.20. The summed E-state index contributed by atoms with van der Waals surface area (Å²) in [5.74, 6) is 2.69. The van der Waals surface area contributed by atoms with Crippen molar-refractivity contribution in [3.63, 3.8) is 0 Å². The summed E-state index contributed by atoms with van der Waals surface area (Å²) in [6.45, 7) is 0.593. The number of methoxy groups -OCH3 is 3. The Morgan fingerprint density at radius 3 is 2.57 bits per heavy atom. The molecular weight excluding hydrogens is 390 g/mol. The fraction of sp³-hybridized carbons (Fsp3) is 0.455. The molecule has 2 heterocycles. The first-order valence-corrected chi connectivity index (χ1v) is 9.77. The van der Waals surface area contributed by atoms with Crippen LogP contribution in [0.1, 0.15) is 34.4 Å². The van der Waals surface area contributed by atoms with E-state index in [0.29, 0.717) is 39.9 Å². The molecule has 2 aliphatic heterocycles. The first-order valence-electron chi connectivity index (χ1n) is 9.77. The molecule has 0 bridgehead atoms. The second-order valence-electron chi connectivity index (χ2n) is 7.36. The molecule has 0 saturated heterocycles. The third-order valence-corrected chi connectivity index (χ3v) is 5.91. The molecule has 162 valence electrons. The second kappa shape index (κ2) is 8.22. The van der Waals surface area contributed by atoms with Crippen LogP contribution in [0.15, 0.2) is 18.2 Å². The molecule has 0 spiro atoms. The summed E-state index contributed by atoms with van der Waals surface area (Å²) in [6, 6.07) is 5.05. The Bertz CT molecular complexity index is 946. The van der Waals surface area contributed by atoms with E-state index in [-0.39, 0.29) is 13.4 Å². The lowest BCUT2D eigenvalue weighted by molar-refractivity contribution is 0.0524. The molecule has 0 aliphatic carbocycles. The van der Waals surface area contributed by atoms with Crippen LogP contribution in [-0.4, -0.2) is 56.8 Å². The molecule has 4 rings (SSSR count). The summed E-state index contributed by atoms with van der Waals surface area (Å²) >= 11 is 0. The van der Waals surface area contributed by atoms with E-state index in [1.165, 1.54) is 14.2 Å². The normalized spacial score (nSPS) is 18.7. The SMILES string of the molecule is COc1ccc([C@H](O)[C@H]2c3c(cc4c(c3OC)OCO4)CCN2C)c(CO)c1OC. The van der Waals surface area contributed by atoms with Gasteiger partial charge in [0.05, 0.1) is 40.1 Å². The molecule has 0 saturated carbocycles. The summed E-state index contributed by atoms with van der Waals surface area (Å²) in [5.41, 5.74) is 2.97. The number of aliphatic hydroxyl groups is 2. The number of ether oxygens (including phenoxy) is 5. The molecule has 30 heavy (non-hydrogen) atoms. The largest absolute Gasteiger partial charge is 0.493 e. The van der Waals surface area contributed by atoms with Gasteiger partial charge in [0.15, 0.2) is 23.0 Å². The van der Waals surface area contributed by atoms with Crippen LogP contribution < -0.4 is 23.7 Å². The van der Waals surface area contributed by atoms with Crippen molar-refractivity contribution < 1.29 is 33.9 Å². The van der Waals surface area contributed by atoms with Crippen molar-refractivity contribution in [1.82, 2.24) is 4.90 Å². The third kappa shape index (κ3) is 3.12. The smallest absolute Gasteiger partial charge is 0.231 e. The highest BCUT2D eigenvalue weighted by atomic mass is 16.7. The molecule has 0 fully saturated rings. The average Bonchev–Trinajstić information content (AvgIpc) is 3.24. The van der Waals surface area contributed by atoms with Gasteiger partial charge in [-0.25, -0.2) is 0 Å². The zero-order valence-corrected chi connectivity index (χ0v) is 17.6. The molecule has 8 heteroatoms. The van der Waals surface area contributed by atoms with Crippen molar-refractivity contribution in [1.29, 1.82) is 0 Å². The Morgan fingerprint density at radius 2 is 1.90 bits per heavy atom. The Morgan fingerprint density at radius 1 is 1.13 bits per heavy atom. The van der Waals surface area contributed by atoms with Gasteiger partial charge >= 0.3 is 0 Å². The number of hydrogen-bond donors (Lipinski definition) is 2. The molecule has 2 aliphatic rings. The monoisotopic (exact) mass is 417 g/mol. The second-order valence-corrected chi connectivity index (χ2v) is 7.36. The number of aliphatic hydroxyl groups excluding tert-OH is 2. The molecule has 8 nitrogen and oxygen atoms in total. The van der Waals surface area contributed by atoms with E-state index >= 15 is 0 Å². The first-order chi connectivity index (χ1) is 14.5. The minimum absolute atomic E-state index is 0.141. The molecule has 2 aromatic rings. The first kappa shape index (κ1) is 20.6. The van der Waals surface area contributed by atoms with E-state index in [1.54, 1.807) is 19.2 Å². The van der Waals surface area contributed by atoms with Crippen LogP contribution in [0.5, 0.6) is 28.7 Å². The summed E-state index contributed by atoms with van der Waals surface area (Å²) in [5, 5.41) is 21.6. The molecule has 0 aromatic heterocycles. The van der Waals surface area contributed by atoms with Gasteiger partial charge in [0.1, 0.15) is 0 Å². The highest BCUT2D eigenvalue weighted by molar-refractivity contribution is 5.62. The van der Waals surface area contributed by atoms with Crippen LogP contribution in [0.4, 0.5) is 0 Å². The van der Waals surface area contributed by atoms with Crippen molar-refractivity contribution >= 4 is 0 Å². The molecule has 2 N–H and O–H groups in total. The topological polar surface area (TPSA) is 89.9 Å². The Kier molecular flexibility index (Phi) is 5.64. The van der Waals surface area contributed by atoms with Gasteiger partial charge in [-0.15, -0.1) is 0 Å². The van der Waals surface area contributed by atoms with Gasteiger partial charge in [-0.3, -0.25) is 4.90 Å². The van der Waals surface area contributed by atoms with Gasteiger partial charge in [-0.1, -0.05) is 6.07 Å². The number of likely N-dealkylation sites (N-methyl/N-ethyl adjacent to an activating group) is 1. The van der Waals surface area contributed by atoms with Crippen LogP contribution in [0.25, 0.3) is 0 Å². The van der Waals surface area contributed by atoms with E-state index in [0.717, 1.165) is 24.1 Å². The van der Waals surface area contributed by atoms with E-state index in [1.807, 2.05) is 13.1 Å². The summed E-state index contributed by atoms with van der Waals surface area (Å²) in [4.78, 5) is 2.08. The maximum Gasteiger partial charge on any atom is 0.231 e. The van der Waals surface area contributed by atoms with Crippen LogP contribution in [-0.2, 0) is 13.0 Å². The molecule has 2 atom stereocenters. The zero-order chi connectivity index (χ0) is 21.4. The lowest BCUT2D eigenvalue weighted by Gasteiger charge is -2.39. The summed E-state index contributed by atoms with van der Waals surface area (Å²) in [6.07, 6.45) is -0.161. The van der Waals surface area contributed by atoms with E-state index in [4.69, 9.17) is 23.7 Å². The number of nitrogens with zero attached hydrogens (tertiary/aromatic N) is 1. The van der Waals surface area contributed by atoms with Gasteiger partial charge < -0.3 is 33.9 Å². The number of hydrogen-bond acceptors (Lipinski definition) is 8. The quantitative estimate of drug-likeness (QED) is 0.740.